The highest BCUT2D eigenvalue weighted by molar-refractivity contribution is 6.30. The number of nitrogens with two attached hydrogens (primary N) is 1. The normalized spacial score (nSPS) is 12.7. The third kappa shape index (κ3) is 4.65. The Morgan fingerprint density at radius 2 is 2.27 bits per heavy atom. The molecule has 1 atom stereocenters. The molecular formula is C12H18ClNO. The number of halogens is 1. The van der Waals surface area contributed by atoms with E-state index in [1.54, 1.807) is 7.11 Å². The van der Waals surface area contributed by atoms with Gasteiger partial charge in [-0.15, -0.1) is 0 Å². The summed E-state index contributed by atoms with van der Waals surface area (Å²) in [4.78, 5) is 0. The quantitative estimate of drug-likeness (QED) is 0.811. The minimum Gasteiger partial charge on any atom is -0.385 e. The molecule has 2 N–H and O–H groups in total. The first-order valence-electron chi connectivity index (χ1n) is 5.19. The van der Waals surface area contributed by atoms with Crippen molar-refractivity contribution in [3.05, 3.63) is 34.9 Å². The monoisotopic (exact) mass is 227 g/mol. The standard InChI is InChI=1S/C12H18ClNO/c1-15-6-5-11(9-14)7-10-3-2-4-12(13)8-10/h2-4,8,11H,5-7,9,14H2,1H3. The van der Waals surface area contributed by atoms with Crippen LogP contribution in [0.25, 0.3) is 0 Å². The second-order valence-electron chi connectivity index (χ2n) is 3.72. The Labute approximate surface area is 96.4 Å². The molecule has 1 aromatic carbocycles. The molecule has 0 spiro atoms. The van der Waals surface area contributed by atoms with Gasteiger partial charge >= 0.3 is 0 Å². The fourth-order valence-corrected chi connectivity index (χ4v) is 1.80. The lowest BCUT2D eigenvalue weighted by molar-refractivity contribution is 0.178. The van der Waals surface area contributed by atoms with Gasteiger partial charge in [0.1, 0.15) is 0 Å². The molecule has 0 fully saturated rings. The van der Waals surface area contributed by atoms with Gasteiger partial charge in [-0.05, 0) is 43.0 Å². The van der Waals surface area contributed by atoms with Crippen LogP contribution in [-0.2, 0) is 11.2 Å². The van der Waals surface area contributed by atoms with E-state index < -0.39 is 0 Å². The van der Waals surface area contributed by atoms with Gasteiger partial charge in [0, 0.05) is 18.7 Å². The molecular weight excluding hydrogens is 210 g/mol. The summed E-state index contributed by atoms with van der Waals surface area (Å²) in [7, 11) is 1.72. The van der Waals surface area contributed by atoms with Crippen LogP contribution in [0.4, 0.5) is 0 Å². The predicted octanol–water partition coefficient (Wildman–Crippen LogP) is 2.49. The Hall–Kier alpha value is -0.570. The number of ether oxygens (including phenoxy) is 1. The van der Waals surface area contributed by atoms with E-state index >= 15 is 0 Å². The van der Waals surface area contributed by atoms with Crippen LogP contribution in [0.1, 0.15) is 12.0 Å². The first-order valence-corrected chi connectivity index (χ1v) is 5.57. The fourth-order valence-electron chi connectivity index (χ4n) is 1.59. The largest absolute Gasteiger partial charge is 0.385 e. The summed E-state index contributed by atoms with van der Waals surface area (Å²) in [5.74, 6) is 0.475. The minimum atomic E-state index is 0.475. The van der Waals surface area contributed by atoms with Crippen molar-refractivity contribution in [3.8, 4) is 0 Å². The molecule has 0 aliphatic rings. The third-order valence-electron chi connectivity index (χ3n) is 2.48. The maximum Gasteiger partial charge on any atom is 0.0465 e. The lowest BCUT2D eigenvalue weighted by atomic mass is 9.97. The zero-order valence-corrected chi connectivity index (χ0v) is 9.83. The molecule has 0 aliphatic carbocycles. The van der Waals surface area contributed by atoms with Crippen LogP contribution in [0.15, 0.2) is 24.3 Å². The maximum absolute atomic E-state index is 5.92. The Morgan fingerprint density at radius 3 is 2.87 bits per heavy atom. The van der Waals surface area contributed by atoms with Crippen molar-refractivity contribution in [1.29, 1.82) is 0 Å². The average Bonchev–Trinajstić information content (AvgIpc) is 2.24. The molecule has 1 aromatic rings. The van der Waals surface area contributed by atoms with Crippen molar-refractivity contribution in [3.63, 3.8) is 0 Å². The first kappa shape index (κ1) is 12.5. The van der Waals surface area contributed by atoms with Gasteiger partial charge in [-0.3, -0.25) is 0 Å². The summed E-state index contributed by atoms with van der Waals surface area (Å²) in [5.41, 5.74) is 6.96. The summed E-state index contributed by atoms with van der Waals surface area (Å²) < 4.78 is 5.05. The minimum absolute atomic E-state index is 0.475. The highest BCUT2D eigenvalue weighted by atomic mass is 35.5. The number of benzene rings is 1. The molecule has 0 radical (unpaired) electrons. The van der Waals surface area contributed by atoms with E-state index in [1.807, 2.05) is 18.2 Å². The molecule has 0 bridgehead atoms. The van der Waals surface area contributed by atoms with E-state index in [2.05, 4.69) is 6.07 Å². The molecule has 1 unspecified atom stereocenters. The van der Waals surface area contributed by atoms with Gasteiger partial charge in [0.2, 0.25) is 0 Å². The van der Waals surface area contributed by atoms with Crippen molar-refractivity contribution in [2.75, 3.05) is 20.3 Å². The molecule has 1 rings (SSSR count). The SMILES string of the molecule is COCCC(CN)Cc1cccc(Cl)c1. The van der Waals surface area contributed by atoms with E-state index in [9.17, 15) is 0 Å². The van der Waals surface area contributed by atoms with E-state index in [1.165, 1.54) is 5.56 Å². The van der Waals surface area contributed by atoms with E-state index in [-0.39, 0.29) is 0 Å². The number of rotatable bonds is 6. The summed E-state index contributed by atoms with van der Waals surface area (Å²) >= 11 is 5.92. The highest BCUT2D eigenvalue weighted by Crippen LogP contribution is 2.15. The predicted molar refractivity (Wildman–Crippen MR) is 64.2 cm³/mol. The van der Waals surface area contributed by atoms with Gasteiger partial charge in [0.15, 0.2) is 0 Å². The summed E-state index contributed by atoms with van der Waals surface area (Å²) in [6, 6.07) is 7.94. The molecule has 3 heteroatoms. The Kier molecular flexibility index (Phi) is 5.69. The Balaban J connectivity index is 2.50. The second-order valence-corrected chi connectivity index (χ2v) is 4.15. The zero-order valence-electron chi connectivity index (χ0n) is 9.08. The van der Waals surface area contributed by atoms with Crippen molar-refractivity contribution in [2.24, 2.45) is 11.7 Å². The van der Waals surface area contributed by atoms with E-state index in [0.717, 1.165) is 24.5 Å². The van der Waals surface area contributed by atoms with Crippen LogP contribution >= 0.6 is 11.6 Å². The van der Waals surface area contributed by atoms with Crippen LogP contribution in [0, 0.1) is 5.92 Å². The van der Waals surface area contributed by atoms with E-state index in [4.69, 9.17) is 22.1 Å². The average molecular weight is 228 g/mol. The molecule has 0 saturated carbocycles. The number of hydrogen-bond donors (Lipinski definition) is 1. The van der Waals surface area contributed by atoms with Crippen LogP contribution in [0.2, 0.25) is 5.02 Å². The molecule has 0 aliphatic heterocycles. The van der Waals surface area contributed by atoms with Crippen LogP contribution in [0.5, 0.6) is 0 Å². The zero-order chi connectivity index (χ0) is 11.1. The summed E-state index contributed by atoms with van der Waals surface area (Å²) in [6.07, 6.45) is 1.97. The topological polar surface area (TPSA) is 35.2 Å². The maximum atomic E-state index is 5.92. The van der Waals surface area contributed by atoms with Crippen molar-refractivity contribution in [1.82, 2.24) is 0 Å². The molecule has 15 heavy (non-hydrogen) atoms. The number of methoxy groups -OCH3 is 1. The van der Waals surface area contributed by atoms with Crippen LogP contribution in [-0.4, -0.2) is 20.3 Å². The van der Waals surface area contributed by atoms with Gasteiger partial charge in [0.25, 0.3) is 0 Å². The highest BCUT2D eigenvalue weighted by Gasteiger charge is 2.07. The Bertz CT molecular complexity index is 291. The smallest absolute Gasteiger partial charge is 0.0465 e. The lowest BCUT2D eigenvalue weighted by Crippen LogP contribution is -2.18. The van der Waals surface area contributed by atoms with Gasteiger partial charge in [-0.1, -0.05) is 23.7 Å². The Morgan fingerprint density at radius 1 is 1.47 bits per heavy atom. The lowest BCUT2D eigenvalue weighted by Gasteiger charge is -2.14. The summed E-state index contributed by atoms with van der Waals surface area (Å²) in [5, 5.41) is 0.787. The van der Waals surface area contributed by atoms with Crippen molar-refractivity contribution in [2.45, 2.75) is 12.8 Å². The summed E-state index contributed by atoms with van der Waals surface area (Å²) in [6.45, 7) is 1.46. The molecule has 0 amide bonds. The van der Waals surface area contributed by atoms with Gasteiger partial charge in [-0.2, -0.15) is 0 Å². The van der Waals surface area contributed by atoms with Gasteiger partial charge in [0.05, 0.1) is 0 Å². The first-order chi connectivity index (χ1) is 7.26. The van der Waals surface area contributed by atoms with E-state index in [0.29, 0.717) is 12.5 Å². The molecule has 0 aromatic heterocycles. The molecule has 0 saturated heterocycles. The van der Waals surface area contributed by atoms with Gasteiger partial charge < -0.3 is 10.5 Å². The van der Waals surface area contributed by atoms with Crippen LogP contribution in [0.3, 0.4) is 0 Å². The third-order valence-corrected chi connectivity index (χ3v) is 2.71. The van der Waals surface area contributed by atoms with Crippen LogP contribution < -0.4 is 5.73 Å². The van der Waals surface area contributed by atoms with Crippen molar-refractivity contribution >= 4 is 11.6 Å². The molecule has 0 heterocycles. The van der Waals surface area contributed by atoms with Crippen molar-refractivity contribution < 1.29 is 4.74 Å². The fraction of sp³-hybridized carbons (Fsp3) is 0.500. The number of hydrogen-bond acceptors (Lipinski definition) is 2. The van der Waals surface area contributed by atoms with Gasteiger partial charge in [-0.25, -0.2) is 0 Å². The molecule has 2 nitrogen and oxygen atoms in total. The second kappa shape index (κ2) is 6.83. The molecule has 84 valence electrons.